The van der Waals surface area contributed by atoms with Crippen LogP contribution in [0.5, 0.6) is 0 Å². The Morgan fingerprint density at radius 2 is 2.20 bits per heavy atom. The van der Waals surface area contributed by atoms with E-state index in [2.05, 4.69) is 5.32 Å². The van der Waals surface area contributed by atoms with Crippen LogP contribution in [0.1, 0.15) is 27.2 Å². The van der Waals surface area contributed by atoms with Crippen molar-refractivity contribution in [3.8, 4) is 0 Å². The first-order valence-corrected chi connectivity index (χ1v) is 5.14. The predicted molar refractivity (Wildman–Crippen MR) is 54.6 cm³/mol. The van der Waals surface area contributed by atoms with Crippen LogP contribution in [0.4, 0.5) is 4.79 Å². The molecule has 0 spiro atoms. The van der Waals surface area contributed by atoms with Crippen molar-refractivity contribution in [2.45, 2.75) is 44.9 Å². The summed E-state index contributed by atoms with van der Waals surface area (Å²) in [5.41, 5.74) is -0.514. The van der Waals surface area contributed by atoms with Crippen molar-refractivity contribution < 1.29 is 19.4 Å². The van der Waals surface area contributed by atoms with Gasteiger partial charge in [0.05, 0.1) is 18.8 Å². The van der Waals surface area contributed by atoms with Crippen molar-refractivity contribution >= 4 is 6.09 Å². The summed E-state index contributed by atoms with van der Waals surface area (Å²) in [4.78, 5) is 11.4. The van der Waals surface area contributed by atoms with Gasteiger partial charge in [0, 0.05) is 6.61 Å². The van der Waals surface area contributed by atoms with E-state index in [1.54, 1.807) is 20.8 Å². The number of nitrogens with one attached hydrogen (secondary N) is 1. The van der Waals surface area contributed by atoms with E-state index in [0.29, 0.717) is 13.0 Å². The van der Waals surface area contributed by atoms with Crippen LogP contribution in [0.2, 0.25) is 0 Å². The van der Waals surface area contributed by atoms with Crippen molar-refractivity contribution in [2.24, 2.45) is 0 Å². The Hall–Kier alpha value is -0.810. The minimum absolute atomic E-state index is 0.264. The molecule has 0 aromatic rings. The second kappa shape index (κ2) is 4.81. The fourth-order valence-electron chi connectivity index (χ4n) is 1.35. The quantitative estimate of drug-likeness (QED) is 0.677. The van der Waals surface area contributed by atoms with Gasteiger partial charge in [-0.2, -0.15) is 0 Å². The van der Waals surface area contributed by atoms with E-state index in [9.17, 15) is 9.90 Å². The molecule has 0 aromatic carbocycles. The van der Waals surface area contributed by atoms with E-state index in [4.69, 9.17) is 9.47 Å². The molecule has 2 N–H and O–H groups in total. The summed E-state index contributed by atoms with van der Waals surface area (Å²) in [5, 5.41) is 12.2. The lowest BCUT2D eigenvalue weighted by Gasteiger charge is -2.29. The number of carbonyl (C=O) groups excluding carboxylic acids is 1. The van der Waals surface area contributed by atoms with Crippen LogP contribution in [0, 0.1) is 0 Å². The largest absolute Gasteiger partial charge is 0.444 e. The van der Waals surface area contributed by atoms with Crippen LogP contribution in [-0.2, 0) is 9.47 Å². The van der Waals surface area contributed by atoms with Gasteiger partial charge >= 0.3 is 6.09 Å². The van der Waals surface area contributed by atoms with Crippen LogP contribution >= 0.6 is 0 Å². The average molecular weight is 217 g/mol. The summed E-state index contributed by atoms with van der Waals surface area (Å²) in [6.45, 7) is 6.21. The SMILES string of the molecule is CC(C)(C)OC(=O)N[C@@H]1CCOC[C@H]1O. The van der Waals surface area contributed by atoms with Gasteiger partial charge < -0.3 is 19.9 Å². The predicted octanol–water partition coefficient (Wildman–Crippen LogP) is 0.661. The number of aliphatic hydroxyl groups is 1. The molecule has 1 saturated heterocycles. The van der Waals surface area contributed by atoms with Crippen molar-refractivity contribution in [1.29, 1.82) is 0 Å². The smallest absolute Gasteiger partial charge is 0.407 e. The number of alkyl carbamates (subject to hydrolysis) is 1. The molecule has 1 fully saturated rings. The molecule has 88 valence electrons. The van der Waals surface area contributed by atoms with Gasteiger partial charge in [-0.15, -0.1) is 0 Å². The monoisotopic (exact) mass is 217 g/mol. The first kappa shape index (κ1) is 12.3. The molecule has 0 aliphatic carbocycles. The molecule has 0 unspecified atom stereocenters. The van der Waals surface area contributed by atoms with Gasteiger partial charge in [0.15, 0.2) is 0 Å². The van der Waals surface area contributed by atoms with Crippen LogP contribution < -0.4 is 5.32 Å². The minimum Gasteiger partial charge on any atom is -0.444 e. The Labute approximate surface area is 89.8 Å². The van der Waals surface area contributed by atoms with E-state index in [1.807, 2.05) is 0 Å². The van der Waals surface area contributed by atoms with E-state index < -0.39 is 17.8 Å². The second-order valence-electron chi connectivity index (χ2n) is 4.68. The third-order valence-electron chi connectivity index (χ3n) is 2.03. The standard InChI is InChI=1S/C10H19NO4/c1-10(2,3)15-9(13)11-7-4-5-14-6-8(7)12/h7-8,12H,4-6H2,1-3H3,(H,11,13)/t7-,8-/m1/s1. The average Bonchev–Trinajstić information content (AvgIpc) is 2.05. The minimum atomic E-state index is -0.647. The Morgan fingerprint density at radius 3 is 2.73 bits per heavy atom. The number of hydrogen-bond donors (Lipinski definition) is 2. The lowest BCUT2D eigenvalue weighted by Crippen LogP contribution is -2.49. The molecule has 1 aliphatic rings. The maximum Gasteiger partial charge on any atom is 0.407 e. The molecule has 0 aromatic heterocycles. The molecule has 5 heteroatoms. The topological polar surface area (TPSA) is 67.8 Å². The summed E-state index contributed by atoms with van der Waals surface area (Å²) in [5.74, 6) is 0. The molecule has 0 radical (unpaired) electrons. The lowest BCUT2D eigenvalue weighted by molar-refractivity contribution is -0.0308. The van der Waals surface area contributed by atoms with E-state index >= 15 is 0 Å². The highest BCUT2D eigenvalue weighted by Gasteiger charge is 2.27. The number of aliphatic hydroxyl groups excluding tert-OH is 1. The highest BCUT2D eigenvalue weighted by atomic mass is 16.6. The highest BCUT2D eigenvalue weighted by Crippen LogP contribution is 2.10. The number of ether oxygens (including phenoxy) is 2. The van der Waals surface area contributed by atoms with Crippen molar-refractivity contribution in [1.82, 2.24) is 5.32 Å². The first-order valence-electron chi connectivity index (χ1n) is 5.14. The molecular weight excluding hydrogens is 198 g/mol. The Balaban J connectivity index is 2.36. The highest BCUT2D eigenvalue weighted by molar-refractivity contribution is 5.68. The summed E-state index contributed by atoms with van der Waals surface area (Å²) < 4.78 is 10.1. The van der Waals surface area contributed by atoms with Gasteiger partial charge in [-0.25, -0.2) is 4.79 Å². The zero-order chi connectivity index (χ0) is 11.5. The van der Waals surface area contributed by atoms with Crippen molar-refractivity contribution in [3.63, 3.8) is 0 Å². The maximum absolute atomic E-state index is 11.4. The first-order chi connectivity index (χ1) is 6.88. The third-order valence-corrected chi connectivity index (χ3v) is 2.03. The van der Waals surface area contributed by atoms with Gasteiger partial charge in [-0.05, 0) is 27.2 Å². The van der Waals surface area contributed by atoms with Crippen LogP contribution in [0.3, 0.4) is 0 Å². The van der Waals surface area contributed by atoms with E-state index in [0.717, 1.165) is 0 Å². The van der Waals surface area contributed by atoms with Gasteiger partial charge in [0.1, 0.15) is 5.60 Å². The van der Waals surface area contributed by atoms with Crippen LogP contribution in [0.25, 0.3) is 0 Å². The van der Waals surface area contributed by atoms with E-state index in [-0.39, 0.29) is 12.6 Å². The molecule has 2 atom stereocenters. The molecule has 1 aliphatic heterocycles. The lowest BCUT2D eigenvalue weighted by atomic mass is 10.1. The molecule has 0 bridgehead atoms. The molecule has 1 heterocycles. The maximum atomic E-state index is 11.4. The van der Waals surface area contributed by atoms with E-state index in [1.165, 1.54) is 0 Å². The van der Waals surface area contributed by atoms with Crippen molar-refractivity contribution in [3.05, 3.63) is 0 Å². The molecule has 0 saturated carbocycles. The number of amides is 1. The normalized spacial score (nSPS) is 27.2. The molecule has 15 heavy (non-hydrogen) atoms. The summed E-state index contributed by atoms with van der Waals surface area (Å²) >= 11 is 0. The molecular formula is C10H19NO4. The van der Waals surface area contributed by atoms with Gasteiger partial charge in [0.2, 0.25) is 0 Å². The van der Waals surface area contributed by atoms with Crippen LogP contribution in [-0.4, -0.2) is 42.2 Å². The van der Waals surface area contributed by atoms with Crippen molar-refractivity contribution in [2.75, 3.05) is 13.2 Å². The second-order valence-corrected chi connectivity index (χ2v) is 4.68. The van der Waals surface area contributed by atoms with Gasteiger partial charge in [-0.3, -0.25) is 0 Å². The van der Waals surface area contributed by atoms with Gasteiger partial charge in [0.25, 0.3) is 0 Å². The molecule has 5 nitrogen and oxygen atoms in total. The molecule has 1 amide bonds. The van der Waals surface area contributed by atoms with Gasteiger partial charge in [-0.1, -0.05) is 0 Å². The Kier molecular flexibility index (Phi) is 3.93. The number of hydrogen-bond acceptors (Lipinski definition) is 4. The number of rotatable bonds is 1. The third kappa shape index (κ3) is 4.48. The number of carbonyl (C=O) groups is 1. The zero-order valence-electron chi connectivity index (χ0n) is 9.45. The summed E-state index contributed by atoms with van der Waals surface area (Å²) in [6.07, 6.45) is -0.528. The fourth-order valence-corrected chi connectivity index (χ4v) is 1.35. The fraction of sp³-hybridized carbons (Fsp3) is 0.900. The summed E-state index contributed by atoms with van der Waals surface area (Å²) in [7, 11) is 0. The van der Waals surface area contributed by atoms with Crippen LogP contribution in [0.15, 0.2) is 0 Å². The zero-order valence-corrected chi connectivity index (χ0v) is 9.45. The summed E-state index contributed by atoms with van der Waals surface area (Å²) in [6, 6.07) is -0.270. The molecule has 1 rings (SSSR count). The Morgan fingerprint density at radius 1 is 1.53 bits per heavy atom. The Bertz CT molecular complexity index is 224.